The summed E-state index contributed by atoms with van der Waals surface area (Å²) in [6.07, 6.45) is 1.99. The van der Waals surface area contributed by atoms with Crippen LogP contribution in [0.25, 0.3) is 16.7 Å². The lowest BCUT2D eigenvalue weighted by Crippen LogP contribution is -1.98. The number of aromatic nitrogens is 2. The van der Waals surface area contributed by atoms with Crippen LogP contribution in [0.3, 0.4) is 0 Å². The average Bonchev–Trinajstić information content (AvgIpc) is 2.72. The Morgan fingerprint density at radius 3 is 3.00 bits per heavy atom. The van der Waals surface area contributed by atoms with Crippen LogP contribution >= 0.6 is 0 Å². The second-order valence-electron chi connectivity index (χ2n) is 3.59. The second kappa shape index (κ2) is 3.38. The van der Waals surface area contributed by atoms with Gasteiger partial charge in [0.25, 0.3) is 0 Å². The van der Waals surface area contributed by atoms with Gasteiger partial charge in [0.1, 0.15) is 11.6 Å². The molecule has 0 fully saturated rings. The Morgan fingerprint density at radius 2 is 2.12 bits per heavy atom. The lowest BCUT2D eigenvalue weighted by molar-refractivity contribution is 1.05. The lowest BCUT2D eigenvalue weighted by Gasteiger charge is -2.04. The Hall–Kier alpha value is -2.29. The minimum atomic E-state index is 0.527. The van der Waals surface area contributed by atoms with Gasteiger partial charge in [-0.1, -0.05) is 18.2 Å². The molecule has 0 saturated heterocycles. The van der Waals surface area contributed by atoms with E-state index in [-0.39, 0.29) is 0 Å². The number of rotatable bonds is 1. The van der Waals surface area contributed by atoms with Crippen molar-refractivity contribution in [1.82, 2.24) is 9.55 Å². The highest BCUT2D eigenvalue weighted by atomic mass is 15.1. The normalized spacial score (nSPS) is 10.8. The molecule has 0 amide bonds. The van der Waals surface area contributed by atoms with Crippen LogP contribution in [0.5, 0.6) is 0 Å². The Balaban J connectivity index is 2.26. The summed E-state index contributed by atoms with van der Waals surface area (Å²) in [5, 5.41) is 1.17. The van der Waals surface area contributed by atoms with E-state index in [2.05, 4.69) is 11.1 Å². The maximum absolute atomic E-state index is 5.68. The van der Waals surface area contributed by atoms with Crippen LogP contribution in [-0.4, -0.2) is 9.55 Å². The van der Waals surface area contributed by atoms with Gasteiger partial charge >= 0.3 is 0 Å². The number of hydrogen-bond acceptors (Lipinski definition) is 2. The number of nitrogens with two attached hydrogens (primary N) is 1. The van der Waals surface area contributed by atoms with E-state index in [4.69, 9.17) is 5.73 Å². The molecular weight excluding hydrogens is 198 g/mol. The molecule has 0 aliphatic heterocycles. The molecule has 3 rings (SSSR count). The van der Waals surface area contributed by atoms with Gasteiger partial charge < -0.3 is 10.3 Å². The minimum absolute atomic E-state index is 0.527. The van der Waals surface area contributed by atoms with Gasteiger partial charge in [-0.15, -0.1) is 0 Å². The summed E-state index contributed by atoms with van der Waals surface area (Å²) in [5.74, 6) is 1.36. The molecule has 0 spiro atoms. The quantitative estimate of drug-likeness (QED) is 0.667. The maximum Gasteiger partial charge on any atom is 0.139 e. The number of benzene rings is 1. The number of anilines is 1. The van der Waals surface area contributed by atoms with E-state index in [0.717, 1.165) is 11.3 Å². The highest BCUT2D eigenvalue weighted by molar-refractivity contribution is 5.81. The smallest absolute Gasteiger partial charge is 0.139 e. The van der Waals surface area contributed by atoms with Crippen LogP contribution in [0.2, 0.25) is 0 Å². The van der Waals surface area contributed by atoms with Gasteiger partial charge in [0.05, 0.1) is 5.52 Å². The molecule has 1 radical (unpaired) electrons. The number of pyridine rings is 1. The van der Waals surface area contributed by atoms with Crippen molar-refractivity contribution >= 4 is 16.7 Å². The van der Waals surface area contributed by atoms with E-state index in [9.17, 15) is 0 Å². The fourth-order valence-electron chi connectivity index (χ4n) is 1.79. The van der Waals surface area contributed by atoms with Gasteiger partial charge in [-0.25, -0.2) is 4.98 Å². The highest BCUT2D eigenvalue weighted by Gasteiger charge is 2.03. The molecular formula is C13H10N3. The fourth-order valence-corrected chi connectivity index (χ4v) is 1.79. The molecule has 0 bridgehead atoms. The maximum atomic E-state index is 5.68. The molecule has 2 N–H and O–H groups in total. The third-order valence-electron chi connectivity index (χ3n) is 2.54. The van der Waals surface area contributed by atoms with Crippen LogP contribution < -0.4 is 5.73 Å². The largest absolute Gasteiger partial charge is 0.384 e. The molecule has 0 aliphatic carbocycles. The molecule has 0 saturated carbocycles. The number of hydrogen-bond donors (Lipinski definition) is 1. The van der Waals surface area contributed by atoms with Gasteiger partial charge in [0.15, 0.2) is 0 Å². The summed E-state index contributed by atoms with van der Waals surface area (Å²) < 4.78 is 2.00. The minimum Gasteiger partial charge on any atom is -0.384 e. The van der Waals surface area contributed by atoms with E-state index in [0.29, 0.717) is 5.82 Å². The third-order valence-corrected chi connectivity index (χ3v) is 2.54. The lowest BCUT2D eigenvalue weighted by atomic mass is 10.2. The summed E-state index contributed by atoms with van der Waals surface area (Å²) in [6.45, 7) is 0. The number of nitrogen functional groups attached to an aromatic ring is 1. The van der Waals surface area contributed by atoms with Gasteiger partial charge in [-0.2, -0.15) is 0 Å². The predicted octanol–water partition coefficient (Wildman–Crippen LogP) is 2.41. The van der Waals surface area contributed by atoms with Crippen molar-refractivity contribution < 1.29 is 0 Å². The third kappa shape index (κ3) is 1.34. The van der Waals surface area contributed by atoms with Crippen LogP contribution in [0.4, 0.5) is 5.82 Å². The van der Waals surface area contributed by atoms with Crippen molar-refractivity contribution in [3.8, 4) is 5.82 Å². The molecule has 2 aromatic heterocycles. The monoisotopic (exact) mass is 208 g/mol. The first-order chi connectivity index (χ1) is 7.84. The van der Waals surface area contributed by atoms with Crippen molar-refractivity contribution in [2.45, 2.75) is 0 Å². The van der Waals surface area contributed by atoms with Crippen molar-refractivity contribution in [1.29, 1.82) is 0 Å². The van der Waals surface area contributed by atoms with Crippen LogP contribution in [0.1, 0.15) is 0 Å². The zero-order chi connectivity index (χ0) is 11.0. The first kappa shape index (κ1) is 8.97. The molecule has 3 aromatic rings. The summed E-state index contributed by atoms with van der Waals surface area (Å²) in [4.78, 5) is 4.29. The van der Waals surface area contributed by atoms with Crippen LogP contribution in [0, 0.1) is 6.07 Å². The average molecular weight is 208 g/mol. The van der Waals surface area contributed by atoms with Gasteiger partial charge in [0.2, 0.25) is 0 Å². The van der Waals surface area contributed by atoms with E-state index in [1.54, 1.807) is 6.07 Å². The van der Waals surface area contributed by atoms with Crippen molar-refractivity contribution in [3.05, 3.63) is 54.7 Å². The number of fused-ring (bicyclic) bond motifs is 1. The Labute approximate surface area is 93.1 Å². The molecule has 0 atom stereocenters. The fraction of sp³-hybridized carbons (Fsp3) is 0. The van der Waals surface area contributed by atoms with E-state index in [1.165, 1.54) is 5.39 Å². The first-order valence-electron chi connectivity index (χ1n) is 5.05. The van der Waals surface area contributed by atoms with E-state index < -0.39 is 0 Å². The molecule has 0 aliphatic rings. The van der Waals surface area contributed by atoms with Gasteiger partial charge in [0, 0.05) is 11.6 Å². The summed E-state index contributed by atoms with van der Waals surface area (Å²) >= 11 is 0. The molecule has 3 heteroatoms. The Morgan fingerprint density at radius 1 is 1.19 bits per heavy atom. The SMILES string of the molecule is Nc1cccc(-n2ccc3cc[c]cc32)n1. The molecule has 77 valence electrons. The van der Waals surface area contributed by atoms with Crippen LogP contribution in [0.15, 0.2) is 48.7 Å². The zero-order valence-electron chi connectivity index (χ0n) is 8.59. The molecule has 0 unspecified atom stereocenters. The molecule has 16 heavy (non-hydrogen) atoms. The zero-order valence-corrected chi connectivity index (χ0v) is 8.59. The summed E-state index contributed by atoms with van der Waals surface area (Å²) in [7, 11) is 0. The van der Waals surface area contributed by atoms with E-state index in [1.807, 2.05) is 47.2 Å². The van der Waals surface area contributed by atoms with E-state index >= 15 is 0 Å². The van der Waals surface area contributed by atoms with Crippen LogP contribution in [-0.2, 0) is 0 Å². The Kier molecular flexibility index (Phi) is 1.90. The standard InChI is InChI=1S/C13H10N3/c14-12-6-3-7-13(15-12)16-9-8-10-4-1-2-5-11(10)16/h1,3-9H,(H2,14,15). The van der Waals surface area contributed by atoms with Gasteiger partial charge in [-0.3, -0.25) is 0 Å². The first-order valence-corrected chi connectivity index (χ1v) is 5.05. The second-order valence-corrected chi connectivity index (χ2v) is 3.59. The van der Waals surface area contributed by atoms with Crippen molar-refractivity contribution in [2.24, 2.45) is 0 Å². The topological polar surface area (TPSA) is 43.8 Å². The number of nitrogens with zero attached hydrogens (tertiary/aromatic N) is 2. The molecule has 3 nitrogen and oxygen atoms in total. The van der Waals surface area contributed by atoms with Gasteiger partial charge in [-0.05, 0) is 30.3 Å². The highest BCUT2D eigenvalue weighted by Crippen LogP contribution is 2.18. The molecule has 2 heterocycles. The predicted molar refractivity (Wildman–Crippen MR) is 64.3 cm³/mol. The van der Waals surface area contributed by atoms with Crippen molar-refractivity contribution in [3.63, 3.8) is 0 Å². The Bertz CT molecular complexity index is 640. The summed E-state index contributed by atoms with van der Waals surface area (Å²) in [5.41, 5.74) is 6.76. The molecule has 1 aromatic carbocycles. The summed E-state index contributed by atoms with van der Waals surface area (Å²) in [6, 6.07) is 16.6. The van der Waals surface area contributed by atoms with Crippen molar-refractivity contribution in [2.75, 3.05) is 5.73 Å².